The fraction of sp³-hybridized carbons (Fsp3) is 0.292. The maximum absolute atomic E-state index is 15.1. The van der Waals surface area contributed by atoms with E-state index in [4.69, 9.17) is 4.74 Å². The van der Waals surface area contributed by atoms with E-state index in [2.05, 4.69) is 25.8 Å². The van der Waals surface area contributed by atoms with Crippen LogP contribution < -0.4 is 4.74 Å². The van der Waals surface area contributed by atoms with E-state index in [-0.39, 0.29) is 33.5 Å². The van der Waals surface area contributed by atoms with E-state index in [1.165, 1.54) is 24.3 Å². The quantitative estimate of drug-likeness (QED) is 0.282. The topological polar surface area (TPSA) is 70.4 Å². The summed E-state index contributed by atoms with van der Waals surface area (Å²) in [5.41, 5.74) is 1.08. The van der Waals surface area contributed by atoms with Crippen molar-refractivity contribution in [3.63, 3.8) is 0 Å². The third kappa shape index (κ3) is 5.09. The number of fused-ring (bicyclic) bond motifs is 1. The molecule has 0 radical (unpaired) electrons. The fourth-order valence-electron chi connectivity index (χ4n) is 4.06. The highest BCUT2D eigenvalue weighted by Crippen LogP contribution is 2.36. The van der Waals surface area contributed by atoms with Crippen LogP contribution in [0, 0.1) is 5.82 Å². The molecule has 1 aromatic heterocycles. The zero-order valence-corrected chi connectivity index (χ0v) is 20.0. The first-order valence-electron chi connectivity index (χ1n) is 10.8. The monoisotopic (exact) mass is 554 g/mol. The van der Waals surface area contributed by atoms with Crippen molar-refractivity contribution in [1.82, 2.24) is 9.78 Å². The SMILES string of the molecule is CCOC(=O)c1ccc(-c2nn(C(=O)c3c(Br)cccc3OC(F)(F)F)c3c2CCCC3)c(F)c1. The average molecular weight is 555 g/mol. The number of hydrogen-bond donors (Lipinski definition) is 0. The van der Waals surface area contributed by atoms with Gasteiger partial charge in [-0.3, -0.25) is 4.79 Å². The number of benzene rings is 2. The standard InChI is InChI=1S/C24H19BrF4N2O4/c1-2-34-23(33)13-10-11-14(17(26)12-13)21-15-6-3-4-8-18(15)31(30-21)22(32)20-16(25)7-5-9-19(20)35-24(27,28)29/h5,7,9-12H,2-4,6,8H2,1H3. The van der Waals surface area contributed by atoms with Gasteiger partial charge in [-0.05, 0) is 78.9 Å². The molecule has 0 N–H and O–H groups in total. The molecule has 0 aliphatic heterocycles. The van der Waals surface area contributed by atoms with Gasteiger partial charge in [-0.15, -0.1) is 13.2 Å². The summed E-state index contributed by atoms with van der Waals surface area (Å²) >= 11 is 3.13. The van der Waals surface area contributed by atoms with E-state index in [0.717, 1.165) is 29.7 Å². The molecule has 0 atom stereocenters. The lowest BCUT2D eigenvalue weighted by Crippen LogP contribution is -2.23. The number of hydrogen-bond acceptors (Lipinski definition) is 5. The molecule has 3 aromatic rings. The number of ether oxygens (including phenoxy) is 2. The van der Waals surface area contributed by atoms with E-state index in [1.807, 2.05) is 0 Å². The molecular formula is C24H19BrF4N2O4. The van der Waals surface area contributed by atoms with Gasteiger partial charge in [0, 0.05) is 15.6 Å². The Labute approximate surface area is 206 Å². The molecule has 0 bridgehead atoms. The van der Waals surface area contributed by atoms with Crippen molar-refractivity contribution in [2.24, 2.45) is 0 Å². The van der Waals surface area contributed by atoms with Crippen LogP contribution in [0.5, 0.6) is 5.75 Å². The Kier molecular flexibility index (Phi) is 6.98. The molecule has 1 aliphatic carbocycles. The first-order chi connectivity index (χ1) is 16.6. The second-order valence-corrected chi connectivity index (χ2v) is 8.63. The predicted octanol–water partition coefficient (Wildman–Crippen LogP) is 6.09. The van der Waals surface area contributed by atoms with Crippen LogP contribution in [0.2, 0.25) is 0 Å². The van der Waals surface area contributed by atoms with Crippen LogP contribution in [-0.2, 0) is 17.6 Å². The molecule has 184 valence electrons. The van der Waals surface area contributed by atoms with Crippen molar-refractivity contribution in [3.8, 4) is 17.0 Å². The number of nitrogens with zero attached hydrogens (tertiary/aromatic N) is 2. The van der Waals surface area contributed by atoms with Crippen LogP contribution in [0.25, 0.3) is 11.3 Å². The van der Waals surface area contributed by atoms with Crippen LogP contribution in [-0.4, -0.2) is 34.6 Å². The minimum Gasteiger partial charge on any atom is -0.462 e. The van der Waals surface area contributed by atoms with Gasteiger partial charge < -0.3 is 9.47 Å². The maximum atomic E-state index is 15.1. The molecule has 0 saturated carbocycles. The summed E-state index contributed by atoms with van der Waals surface area (Å²) in [4.78, 5) is 25.4. The van der Waals surface area contributed by atoms with Gasteiger partial charge in [0.1, 0.15) is 11.6 Å². The molecule has 4 rings (SSSR count). The molecular weight excluding hydrogens is 536 g/mol. The Morgan fingerprint density at radius 1 is 1.14 bits per heavy atom. The van der Waals surface area contributed by atoms with E-state index in [9.17, 15) is 22.8 Å². The second-order valence-electron chi connectivity index (χ2n) is 7.77. The van der Waals surface area contributed by atoms with Crippen LogP contribution in [0.3, 0.4) is 0 Å². The van der Waals surface area contributed by atoms with Gasteiger partial charge in [-0.25, -0.2) is 9.18 Å². The number of alkyl halides is 3. The molecule has 0 amide bonds. The molecule has 1 heterocycles. The summed E-state index contributed by atoms with van der Waals surface area (Å²) < 4.78 is 64.0. The summed E-state index contributed by atoms with van der Waals surface area (Å²) in [6.07, 6.45) is -2.54. The van der Waals surface area contributed by atoms with Crippen molar-refractivity contribution < 1.29 is 36.6 Å². The predicted molar refractivity (Wildman–Crippen MR) is 121 cm³/mol. The first-order valence-corrected chi connectivity index (χ1v) is 11.6. The smallest absolute Gasteiger partial charge is 0.462 e. The van der Waals surface area contributed by atoms with Gasteiger partial charge in [0.15, 0.2) is 0 Å². The molecule has 6 nitrogen and oxygen atoms in total. The normalized spacial score (nSPS) is 13.3. The zero-order chi connectivity index (χ0) is 25.3. The Balaban J connectivity index is 1.81. The molecule has 0 unspecified atom stereocenters. The number of rotatable bonds is 5. The number of esters is 1. The third-order valence-electron chi connectivity index (χ3n) is 5.52. The molecule has 0 spiro atoms. The van der Waals surface area contributed by atoms with Crippen LogP contribution in [0.15, 0.2) is 40.9 Å². The van der Waals surface area contributed by atoms with Gasteiger partial charge >= 0.3 is 12.3 Å². The molecule has 0 fully saturated rings. The zero-order valence-electron chi connectivity index (χ0n) is 18.4. The summed E-state index contributed by atoms with van der Waals surface area (Å²) in [7, 11) is 0. The Morgan fingerprint density at radius 3 is 2.57 bits per heavy atom. The molecule has 35 heavy (non-hydrogen) atoms. The van der Waals surface area contributed by atoms with Crippen LogP contribution in [0.1, 0.15) is 51.7 Å². The molecule has 2 aromatic carbocycles. The molecule has 1 aliphatic rings. The third-order valence-corrected chi connectivity index (χ3v) is 6.18. The highest BCUT2D eigenvalue weighted by atomic mass is 79.9. The van der Waals surface area contributed by atoms with Crippen molar-refractivity contribution in [2.45, 2.75) is 39.0 Å². The summed E-state index contributed by atoms with van der Waals surface area (Å²) in [6, 6.07) is 7.58. The lowest BCUT2D eigenvalue weighted by molar-refractivity contribution is -0.274. The molecule has 11 heteroatoms. The summed E-state index contributed by atoms with van der Waals surface area (Å²) in [5.74, 6) is -2.93. The molecule has 0 saturated heterocycles. The van der Waals surface area contributed by atoms with E-state index >= 15 is 4.39 Å². The van der Waals surface area contributed by atoms with Gasteiger partial charge in [0.2, 0.25) is 0 Å². The van der Waals surface area contributed by atoms with Crippen molar-refractivity contribution in [3.05, 3.63) is 69.1 Å². The van der Waals surface area contributed by atoms with E-state index < -0.39 is 29.8 Å². The Hall–Kier alpha value is -3.21. The van der Waals surface area contributed by atoms with Crippen molar-refractivity contribution in [1.29, 1.82) is 0 Å². The largest absolute Gasteiger partial charge is 0.573 e. The van der Waals surface area contributed by atoms with Crippen LogP contribution >= 0.6 is 15.9 Å². The summed E-state index contributed by atoms with van der Waals surface area (Å²) in [5, 5.41) is 4.34. The van der Waals surface area contributed by atoms with Gasteiger partial charge in [-0.2, -0.15) is 9.78 Å². The van der Waals surface area contributed by atoms with Crippen molar-refractivity contribution >= 4 is 27.8 Å². The highest BCUT2D eigenvalue weighted by molar-refractivity contribution is 9.10. The van der Waals surface area contributed by atoms with E-state index in [1.54, 1.807) is 6.92 Å². The van der Waals surface area contributed by atoms with E-state index in [0.29, 0.717) is 24.1 Å². The first kappa shape index (κ1) is 24.9. The summed E-state index contributed by atoms with van der Waals surface area (Å²) in [6.45, 7) is 1.77. The lowest BCUT2D eigenvalue weighted by Gasteiger charge is -2.16. The van der Waals surface area contributed by atoms with Crippen LogP contribution in [0.4, 0.5) is 17.6 Å². The Bertz CT molecular complexity index is 1300. The lowest BCUT2D eigenvalue weighted by atomic mass is 9.93. The van der Waals surface area contributed by atoms with Gasteiger partial charge in [0.05, 0.1) is 29.1 Å². The number of carbonyl (C=O) groups excluding carboxylic acids is 2. The Morgan fingerprint density at radius 2 is 1.89 bits per heavy atom. The maximum Gasteiger partial charge on any atom is 0.573 e. The minimum atomic E-state index is -5.01. The number of aromatic nitrogens is 2. The van der Waals surface area contributed by atoms with Gasteiger partial charge in [0.25, 0.3) is 5.91 Å². The average Bonchev–Trinajstić information content (AvgIpc) is 3.17. The number of carbonyl (C=O) groups is 2. The minimum absolute atomic E-state index is 0.0274. The second kappa shape index (κ2) is 9.80. The highest BCUT2D eigenvalue weighted by Gasteiger charge is 2.35. The van der Waals surface area contributed by atoms with Crippen molar-refractivity contribution in [2.75, 3.05) is 6.61 Å². The number of halogens is 5. The van der Waals surface area contributed by atoms with Gasteiger partial charge in [-0.1, -0.05) is 6.07 Å². The fourth-order valence-corrected chi connectivity index (χ4v) is 4.58.